The van der Waals surface area contributed by atoms with Gasteiger partial charge in [0, 0.05) is 31.4 Å². The van der Waals surface area contributed by atoms with Gasteiger partial charge >= 0.3 is 0 Å². The summed E-state index contributed by atoms with van der Waals surface area (Å²) in [4.78, 5) is 39.3. The van der Waals surface area contributed by atoms with Gasteiger partial charge in [0.05, 0.1) is 23.6 Å². The maximum atomic E-state index is 13.1. The number of hydrogen-bond acceptors (Lipinski definition) is 5. The van der Waals surface area contributed by atoms with Gasteiger partial charge in [-0.25, -0.2) is 10.4 Å². The summed E-state index contributed by atoms with van der Waals surface area (Å²) in [5.41, 5.74) is 5.35. The zero-order valence-corrected chi connectivity index (χ0v) is 17.0. The van der Waals surface area contributed by atoms with Crippen molar-refractivity contribution in [2.75, 3.05) is 35.8 Å². The topological polar surface area (TPSA) is 93.8 Å². The van der Waals surface area contributed by atoms with Crippen LogP contribution in [0, 0.1) is 11.8 Å². The fraction of sp³-hybridized carbons (Fsp3) is 0.318. The molecule has 4 rings (SSSR count). The highest BCUT2D eigenvalue weighted by atomic mass is 16.2. The Bertz CT molecular complexity index is 947. The number of rotatable bonds is 4. The van der Waals surface area contributed by atoms with E-state index >= 15 is 0 Å². The molecule has 0 aromatic heterocycles. The highest BCUT2D eigenvalue weighted by molar-refractivity contribution is 6.00. The fourth-order valence-corrected chi connectivity index (χ4v) is 4.14. The summed E-state index contributed by atoms with van der Waals surface area (Å²) in [7, 11) is 1.93. The molecule has 8 nitrogen and oxygen atoms in total. The molecule has 0 bridgehead atoms. The SMILES string of the molecule is CC(=O)Nc1ccc(NC(=O)C2CN(C)CC3C(=O)N(c4ccccc4)NC23)cc1. The minimum absolute atomic E-state index is 0.0183. The summed E-state index contributed by atoms with van der Waals surface area (Å²) >= 11 is 0. The van der Waals surface area contributed by atoms with Crippen molar-refractivity contribution in [3.63, 3.8) is 0 Å². The van der Waals surface area contributed by atoms with Crippen LogP contribution in [0.25, 0.3) is 0 Å². The zero-order chi connectivity index (χ0) is 21.3. The van der Waals surface area contributed by atoms with Crippen molar-refractivity contribution in [3.8, 4) is 0 Å². The van der Waals surface area contributed by atoms with Crippen molar-refractivity contribution >= 4 is 34.8 Å². The molecule has 0 radical (unpaired) electrons. The number of hydrazine groups is 1. The Kier molecular flexibility index (Phi) is 5.52. The van der Waals surface area contributed by atoms with Crippen molar-refractivity contribution < 1.29 is 14.4 Å². The molecule has 0 aliphatic carbocycles. The lowest BCUT2D eigenvalue weighted by Crippen LogP contribution is -2.55. The number of carbonyl (C=O) groups excluding carboxylic acids is 3. The number of nitrogens with zero attached hydrogens (tertiary/aromatic N) is 2. The van der Waals surface area contributed by atoms with Gasteiger partial charge < -0.3 is 15.5 Å². The van der Waals surface area contributed by atoms with Crippen LogP contribution in [0.3, 0.4) is 0 Å². The van der Waals surface area contributed by atoms with E-state index in [2.05, 4.69) is 16.1 Å². The van der Waals surface area contributed by atoms with Gasteiger partial charge in [0.2, 0.25) is 17.7 Å². The van der Waals surface area contributed by atoms with Crippen LogP contribution >= 0.6 is 0 Å². The Morgan fingerprint density at radius 3 is 2.23 bits per heavy atom. The third-order valence-corrected chi connectivity index (χ3v) is 5.52. The number of para-hydroxylation sites is 1. The monoisotopic (exact) mass is 407 g/mol. The standard InChI is InChI=1S/C22H25N5O3/c1-14(28)23-15-8-10-16(11-9-15)24-21(29)18-12-26(2)13-19-20(18)25-27(22(19)30)17-6-4-3-5-7-17/h3-11,18-20,25H,12-13H2,1-2H3,(H,23,28)(H,24,29). The normalized spacial score (nSPS) is 23.7. The van der Waals surface area contributed by atoms with E-state index in [1.165, 1.54) is 6.92 Å². The molecular formula is C22H25N5O3. The highest BCUT2D eigenvalue weighted by Crippen LogP contribution is 2.32. The van der Waals surface area contributed by atoms with E-state index in [0.29, 0.717) is 24.5 Å². The predicted molar refractivity (Wildman–Crippen MR) is 115 cm³/mol. The lowest BCUT2D eigenvalue weighted by molar-refractivity contribution is -0.125. The van der Waals surface area contributed by atoms with E-state index < -0.39 is 0 Å². The molecule has 2 aromatic rings. The predicted octanol–water partition coefficient (Wildman–Crippen LogP) is 1.68. The Morgan fingerprint density at radius 1 is 0.967 bits per heavy atom. The number of carbonyl (C=O) groups is 3. The number of hydrogen-bond donors (Lipinski definition) is 3. The number of nitrogens with one attached hydrogen (secondary N) is 3. The molecule has 2 heterocycles. The lowest BCUT2D eigenvalue weighted by atomic mass is 9.84. The smallest absolute Gasteiger partial charge is 0.247 e. The van der Waals surface area contributed by atoms with Gasteiger partial charge in [0.15, 0.2) is 0 Å². The molecule has 2 aromatic carbocycles. The number of fused-ring (bicyclic) bond motifs is 1. The minimum atomic E-state index is -0.388. The van der Waals surface area contributed by atoms with Crippen molar-refractivity contribution in [1.82, 2.24) is 10.3 Å². The molecule has 2 aliphatic heterocycles. The first kappa shape index (κ1) is 20.1. The summed E-state index contributed by atoms with van der Waals surface area (Å²) < 4.78 is 0. The van der Waals surface area contributed by atoms with Crippen molar-refractivity contribution in [2.24, 2.45) is 11.8 Å². The summed E-state index contributed by atoms with van der Waals surface area (Å²) in [6.07, 6.45) is 0. The van der Waals surface area contributed by atoms with E-state index in [4.69, 9.17) is 0 Å². The highest BCUT2D eigenvalue weighted by Gasteiger charge is 2.50. The van der Waals surface area contributed by atoms with Crippen molar-refractivity contribution in [2.45, 2.75) is 13.0 Å². The van der Waals surface area contributed by atoms with E-state index in [9.17, 15) is 14.4 Å². The lowest BCUT2D eigenvalue weighted by Gasteiger charge is -2.36. The minimum Gasteiger partial charge on any atom is -0.326 e. The van der Waals surface area contributed by atoms with Gasteiger partial charge in [-0.05, 0) is 43.4 Å². The van der Waals surface area contributed by atoms with Crippen LogP contribution in [-0.2, 0) is 14.4 Å². The molecule has 3 amide bonds. The van der Waals surface area contributed by atoms with E-state index in [0.717, 1.165) is 5.69 Å². The average Bonchev–Trinajstić information content (AvgIpc) is 3.05. The number of amides is 3. The van der Waals surface area contributed by atoms with Crippen LogP contribution in [0.1, 0.15) is 6.92 Å². The van der Waals surface area contributed by atoms with Crippen LogP contribution in [0.15, 0.2) is 54.6 Å². The average molecular weight is 407 g/mol. The van der Waals surface area contributed by atoms with Gasteiger partial charge in [0.25, 0.3) is 0 Å². The maximum absolute atomic E-state index is 13.1. The summed E-state index contributed by atoms with van der Waals surface area (Å²) in [6.45, 7) is 2.61. The molecule has 2 aliphatic rings. The van der Waals surface area contributed by atoms with E-state index in [-0.39, 0.29) is 35.6 Å². The first-order valence-electron chi connectivity index (χ1n) is 9.94. The Labute approximate surface area is 175 Å². The molecule has 2 saturated heterocycles. The largest absolute Gasteiger partial charge is 0.326 e. The van der Waals surface area contributed by atoms with Gasteiger partial charge in [-0.15, -0.1) is 0 Å². The van der Waals surface area contributed by atoms with Gasteiger partial charge in [-0.1, -0.05) is 18.2 Å². The van der Waals surface area contributed by atoms with Crippen LogP contribution in [0.2, 0.25) is 0 Å². The van der Waals surface area contributed by atoms with E-state index in [1.807, 2.05) is 42.3 Å². The van der Waals surface area contributed by atoms with Crippen LogP contribution in [0.4, 0.5) is 17.1 Å². The number of likely N-dealkylation sites (tertiary alicyclic amines) is 1. The van der Waals surface area contributed by atoms with Gasteiger partial charge in [-0.2, -0.15) is 0 Å². The summed E-state index contributed by atoms with van der Waals surface area (Å²) in [6, 6.07) is 16.1. The molecule has 2 fully saturated rings. The molecule has 0 spiro atoms. The first-order valence-corrected chi connectivity index (χ1v) is 9.94. The molecule has 30 heavy (non-hydrogen) atoms. The Balaban J connectivity index is 1.49. The maximum Gasteiger partial charge on any atom is 0.247 e. The third kappa shape index (κ3) is 4.05. The first-order chi connectivity index (χ1) is 14.4. The second-order valence-electron chi connectivity index (χ2n) is 7.85. The molecule has 3 N–H and O–H groups in total. The van der Waals surface area contributed by atoms with Crippen LogP contribution in [0.5, 0.6) is 0 Å². The van der Waals surface area contributed by atoms with Crippen LogP contribution < -0.4 is 21.1 Å². The molecule has 3 unspecified atom stereocenters. The zero-order valence-electron chi connectivity index (χ0n) is 17.0. The Hall–Kier alpha value is -3.23. The molecule has 156 valence electrons. The molecule has 0 saturated carbocycles. The van der Waals surface area contributed by atoms with Crippen molar-refractivity contribution in [3.05, 3.63) is 54.6 Å². The summed E-state index contributed by atoms with van der Waals surface area (Å²) in [5, 5.41) is 7.21. The Morgan fingerprint density at radius 2 is 1.60 bits per heavy atom. The molecular weight excluding hydrogens is 382 g/mol. The second kappa shape index (κ2) is 8.25. The number of piperidine rings is 1. The summed E-state index contributed by atoms with van der Waals surface area (Å²) in [5.74, 6) is -0.986. The quantitative estimate of drug-likeness (QED) is 0.717. The van der Waals surface area contributed by atoms with Gasteiger partial charge in [0.1, 0.15) is 0 Å². The number of benzene rings is 2. The van der Waals surface area contributed by atoms with E-state index in [1.54, 1.807) is 29.3 Å². The van der Waals surface area contributed by atoms with Gasteiger partial charge in [-0.3, -0.25) is 14.4 Å². The van der Waals surface area contributed by atoms with Crippen molar-refractivity contribution in [1.29, 1.82) is 0 Å². The molecule has 8 heteroatoms. The fourth-order valence-electron chi connectivity index (χ4n) is 4.14. The number of anilines is 3. The van der Waals surface area contributed by atoms with Crippen LogP contribution in [-0.4, -0.2) is 48.8 Å². The molecule has 3 atom stereocenters. The second-order valence-corrected chi connectivity index (χ2v) is 7.85. The third-order valence-electron chi connectivity index (χ3n) is 5.52.